The van der Waals surface area contributed by atoms with Gasteiger partial charge in [-0.25, -0.2) is 4.79 Å². The summed E-state index contributed by atoms with van der Waals surface area (Å²) in [5, 5.41) is 2.80. The number of hydrogen-bond acceptors (Lipinski definition) is 3. The van der Waals surface area contributed by atoms with Crippen molar-refractivity contribution >= 4 is 6.09 Å². The first-order valence-corrected chi connectivity index (χ1v) is 7.05. The van der Waals surface area contributed by atoms with Crippen LogP contribution < -0.4 is 11.1 Å². The van der Waals surface area contributed by atoms with Crippen LogP contribution in [0.25, 0.3) is 0 Å². The van der Waals surface area contributed by atoms with Crippen molar-refractivity contribution in [3.63, 3.8) is 0 Å². The van der Waals surface area contributed by atoms with Crippen LogP contribution in [0.4, 0.5) is 4.79 Å². The van der Waals surface area contributed by atoms with E-state index in [1.165, 1.54) is 5.56 Å². The second-order valence-electron chi connectivity index (χ2n) is 6.08. The minimum Gasteiger partial charge on any atom is -0.444 e. The Bertz CT molecular complexity index is 412. The average Bonchev–Trinajstić information content (AvgIpc) is 2.38. The molecule has 0 spiro atoms. The number of alkyl carbamates (subject to hydrolysis) is 1. The second-order valence-corrected chi connectivity index (χ2v) is 6.08. The fraction of sp³-hybridized carbons (Fsp3) is 0.562. The molecule has 3 N–H and O–H groups in total. The highest BCUT2D eigenvalue weighted by molar-refractivity contribution is 5.67. The van der Waals surface area contributed by atoms with Crippen molar-refractivity contribution in [1.82, 2.24) is 5.32 Å². The first-order chi connectivity index (χ1) is 9.33. The molecule has 4 nitrogen and oxygen atoms in total. The summed E-state index contributed by atoms with van der Waals surface area (Å²) in [6.07, 6.45) is -0.392. The number of carbonyl (C=O) groups is 1. The maximum absolute atomic E-state index is 11.7. The molecule has 1 amide bonds. The van der Waals surface area contributed by atoms with E-state index in [4.69, 9.17) is 10.5 Å². The lowest BCUT2D eigenvalue weighted by Crippen LogP contribution is -2.38. The summed E-state index contributed by atoms with van der Waals surface area (Å²) in [5.74, 6) is 0.473. The van der Waals surface area contributed by atoms with Gasteiger partial charge in [-0.3, -0.25) is 0 Å². The Morgan fingerprint density at radius 2 is 1.90 bits per heavy atom. The Kier molecular flexibility index (Phi) is 6.02. The quantitative estimate of drug-likeness (QED) is 0.870. The average molecular weight is 278 g/mol. The van der Waals surface area contributed by atoms with Gasteiger partial charge in [-0.15, -0.1) is 0 Å². The summed E-state index contributed by atoms with van der Waals surface area (Å²) in [6, 6.07) is 10.2. The standard InChI is InChI=1S/C16H26N2O2/c1-12(13-8-6-5-7-9-13)14(10-17)11-18-15(19)20-16(2,3)4/h5-9,12,14H,10-11,17H2,1-4H3,(H,18,19). The van der Waals surface area contributed by atoms with Crippen molar-refractivity contribution in [1.29, 1.82) is 0 Å². The van der Waals surface area contributed by atoms with Crippen LogP contribution in [-0.4, -0.2) is 24.8 Å². The van der Waals surface area contributed by atoms with E-state index in [1.54, 1.807) is 0 Å². The van der Waals surface area contributed by atoms with E-state index < -0.39 is 11.7 Å². The van der Waals surface area contributed by atoms with Crippen molar-refractivity contribution < 1.29 is 9.53 Å². The van der Waals surface area contributed by atoms with Crippen LogP contribution in [0.3, 0.4) is 0 Å². The summed E-state index contributed by atoms with van der Waals surface area (Å²) in [6.45, 7) is 8.70. The first kappa shape index (κ1) is 16.5. The van der Waals surface area contributed by atoms with E-state index in [0.717, 1.165) is 0 Å². The number of ether oxygens (including phenoxy) is 1. The van der Waals surface area contributed by atoms with E-state index >= 15 is 0 Å². The van der Waals surface area contributed by atoms with Crippen molar-refractivity contribution in [2.75, 3.05) is 13.1 Å². The Morgan fingerprint density at radius 3 is 2.40 bits per heavy atom. The molecule has 112 valence electrons. The molecule has 1 aromatic rings. The van der Waals surface area contributed by atoms with Gasteiger partial charge in [-0.05, 0) is 44.7 Å². The lowest BCUT2D eigenvalue weighted by atomic mass is 9.87. The van der Waals surface area contributed by atoms with Gasteiger partial charge >= 0.3 is 6.09 Å². The molecule has 0 aliphatic rings. The normalized spacial score (nSPS) is 14.4. The van der Waals surface area contributed by atoms with Gasteiger partial charge in [0.15, 0.2) is 0 Å². The molecule has 20 heavy (non-hydrogen) atoms. The van der Waals surface area contributed by atoms with Crippen LogP contribution >= 0.6 is 0 Å². The van der Waals surface area contributed by atoms with Gasteiger partial charge in [0.1, 0.15) is 5.60 Å². The van der Waals surface area contributed by atoms with Gasteiger partial charge in [0.25, 0.3) is 0 Å². The summed E-state index contributed by atoms with van der Waals surface area (Å²) in [7, 11) is 0. The summed E-state index contributed by atoms with van der Waals surface area (Å²) in [5.41, 5.74) is 6.58. The maximum Gasteiger partial charge on any atom is 0.407 e. The largest absolute Gasteiger partial charge is 0.444 e. The molecule has 0 saturated heterocycles. The monoisotopic (exact) mass is 278 g/mol. The van der Waals surface area contributed by atoms with Gasteiger partial charge in [0, 0.05) is 6.54 Å². The molecule has 2 atom stereocenters. The van der Waals surface area contributed by atoms with Crippen molar-refractivity contribution in [2.24, 2.45) is 11.7 Å². The zero-order valence-electron chi connectivity index (χ0n) is 12.8. The Balaban J connectivity index is 2.53. The number of benzene rings is 1. The van der Waals surface area contributed by atoms with Gasteiger partial charge in [-0.1, -0.05) is 37.3 Å². The Morgan fingerprint density at radius 1 is 1.30 bits per heavy atom. The van der Waals surface area contributed by atoms with Crippen LogP contribution in [0.1, 0.15) is 39.2 Å². The molecule has 0 fully saturated rings. The van der Waals surface area contributed by atoms with E-state index in [0.29, 0.717) is 13.1 Å². The molecule has 0 aliphatic heterocycles. The number of nitrogens with two attached hydrogens (primary N) is 1. The number of hydrogen-bond donors (Lipinski definition) is 2. The van der Waals surface area contributed by atoms with Crippen LogP contribution in [0.15, 0.2) is 30.3 Å². The second kappa shape index (κ2) is 7.29. The van der Waals surface area contributed by atoms with Crippen molar-refractivity contribution in [2.45, 2.75) is 39.2 Å². The molecule has 0 heterocycles. The molecule has 1 aromatic carbocycles. The van der Waals surface area contributed by atoms with E-state index in [2.05, 4.69) is 24.4 Å². The topological polar surface area (TPSA) is 64.3 Å². The number of carbonyl (C=O) groups excluding carboxylic acids is 1. The van der Waals surface area contributed by atoms with Crippen LogP contribution in [0, 0.1) is 5.92 Å². The lowest BCUT2D eigenvalue weighted by Gasteiger charge is -2.25. The smallest absolute Gasteiger partial charge is 0.407 e. The Hall–Kier alpha value is -1.55. The molecule has 0 radical (unpaired) electrons. The predicted octanol–water partition coefficient (Wildman–Crippen LogP) is 2.89. The van der Waals surface area contributed by atoms with Gasteiger partial charge < -0.3 is 15.8 Å². The van der Waals surface area contributed by atoms with Crippen molar-refractivity contribution in [3.05, 3.63) is 35.9 Å². The van der Waals surface area contributed by atoms with Gasteiger partial charge in [-0.2, -0.15) is 0 Å². The third kappa shape index (κ3) is 5.61. The number of nitrogens with one attached hydrogen (secondary N) is 1. The molecule has 0 aromatic heterocycles. The number of rotatable bonds is 5. The molecule has 2 unspecified atom stereocenters. The third-order valence-electron chi connectivity index (χ3n) is 3.24. The van der Waals surface area contributed by atoms with E-state index in [1.807, 2.05) is 39.0 Å². The number of amides is 1. The SMILES string of the molecule is CC(c1ccccc1)C(CN)CNC(=O)OC(C)(C)C. The van der Waals surface area contributed by atoms with Gasteiger partial charge in [0.05, 0.1) is 0 Å². The van der Waals surface area contributed by atoms with Gasteiger partial charge in [0.2, 0.25) is 0 Å². The fourth-order valence-electron chi connectivity index (χ4n) is 2.02. The molecule has 1 rings (SSSR count). The first-order valence-electron chi connectivity index (χ1n) is 7.05. The molecule has 0 aliphatic carbocycles. The lowest BCUT2D eigenvalue weighted by molar-refractivity contribution is 0.0518. The predicted molar refractivity (Wildman–Crippen MR) is 81.6 cm³/mol. The van der Waals surface area contributed by atoms with E-state index in [-0.39, 0.29) is 11.8 Å². The van der Waals surface area contributed by atoms with Crippen LogP contribution in [0.2, 0.25) is 0 Å². The van der Waals surface area contributed by atoms with Crippen LogP contribution in [0.5, 0.6) is 0 Å². The molecular weight excluding hydrogens is 252 g/mol. The Labute approximate surface area is 121 Å². The zero-order valence-corrected chi connectivity index (χ0v) is 12.8. The fourth-order valence-corrected chi connectivity index (χ4v) is 2.02. The highest BCUT2D eigenvalue weighted by atomic mass is 16.6. The minimum absolute atomic E-state index is 0.185. The van der Waals surface area contributed by atoms with Crippen molar-refractivity contribution in [3.8, 4) is 0 Å². The summed E-state index contributed by atoms with van der Waals surface area (Å²) in [4.78, 5) is 11.7. The highest BCUT2D eigenvalue weighted by Crippen LogP contribution is 2.23. The minimum atomic E-state index is -0.479. The maximum atomic E-state index is 11.7. The zero-order chi connectivity index (χ0) is 15.2. The summed E-state index contributed by atoms with van der Waals surface area (Å²) >= 11 is 0. The molecule has 4 heteroatoms. The van der Waals surface area contributed by atoms with E-state index in [9.17, 15) is 4.79 Å². The molecule has 0 saturated carbocycles. The van der Waals surface area contributed by atoms with Crippen LogP contribution in [-0.2, 0) is 4.74 Å². The molecule has 0 bridgehead atoms. The highest BCUT2D eigenvalue weighted by Gasteiger charge is 2.20. The third-order valence-corrected chi connectivity index (χ3v) is 3.24. The summed E-state index contributed by atoms with van der Waals surface area (Å²) < 4.78 is 5.23. The molecular formula is C16H26N2O2.